The minimum atomic E-state index is -4.72. The molecule has 0 aliphatic heterocycles. The molecule has 0 aromatic heterocycles. The first kappa shape index (κ1) is 57.8. The van der Waals surface area contributed by atoms with Gasteiger partial charge in [0.2, 0.25) is 0 Å². The molecule has 0 aliphatic rings. The van der Waals surface area contributed by atoms with Gasteiger partial charge in [-0.2, -0.15) is 0 Å². The zero-order chi connectivity index (χ0) is 44.7. The number of aliphatic hydroxyl groups excluding tert-OH is 5. The summed E-state index contributed by atoms with van der Waals surface area (Å²) in [5.41, 5.74) is 0. The van der Waals surface area contributed by atoms with Crippen molar-refractivity contribution < 1.29 is 63.1 Å². The van der Waals surface area contributed by atoms with Gasteiger partial charge in [-0.1, -0.05) is 179 Å². The van der Waals surface area contributed by atoms with Crippen molar-refractivity contribution in [3.8, 4) is 0 Å². The molecule has 0 spiro atoms. The van der Waals surface area contributed by atoms with Gasteiger partial charge >= 0.3 is 19.8 Å². The summed E-state index contributed by atoms with van der Waals surface area (Å²) in [6, 6.07) is 0. The summed E-state index contributed by atoms with van der Waals surface area (Å²) in [6.07, 6.45) is 30.1. The molecule has 0 aromatic rings. The highest BCUT2D eigenvalue weighted by molar-refractivity contribution is 7.47. The van der Waals surface area contributed by atoms with Gasteiger partial charge in [0.15, 0.2) is 6.10 Å². The topological polar surface area (TPSA) is 210 Å². The zero-order valence-corrected chi connectivity index (χ0v) is 38.1. The first-order chi connectivity index (χ1) is 28.8. The fourth-order valence-corrected chi connectivity index (χ4v) is 6.88. The first-order valence-corrected chi connectivity index (χ1v) is 24.3. The maximum absolute atomic E-state index is 12.7. The van der Waals surface area contributed by atoms with Crippen LogP contribution in [0.3, 0.4) is 0 Å². The molecule has 0 saturated carbocycles. The lowest BCUT2D eigenvalue weighted by Crippen LogP contribution is -2.30. The van der Waals surface area contributed by atoms with E-state index in [1.165, 1.54) is 76.7 Å². The average Bonchev–Trinajstić information content (AvgIpc) is 3.21. The number of phosphoric ester groups is 1. The van der Waals surface area contributed by atoms with Gasteiger partial charge in [-0.25, -0.2) is 4.57 Å². The van der Waals surface area contributed by atoms with E-state index in [0.29, 0.717) is 6.42 Å². The quantitative estimate of drug-likeness (QED) is 0.0147. The van der Waals surface area contributed by atoms with Gasteiger partial charge in [0, 0.05) is 12.8 Å². The summed E-state index contributed by atoms with van der Waals surface area (Å²) in [7, 11) is -4.72. The Hall–Kier alpha value is -2.19. The molecule has 0 amide bonds. The van der Waals surface area contributed by atoms with E-state index in [-0.39, 0.29) is 25.7 Å². The molecule has 0 fully saturated rings. The van der Waals surface area contributed by atoms with E-state index in [4.69, 9.17) is 19.1 Å². The SMILES string of the molecule is CCCCC[C@H](O)/C=C/C=C\C=C\C=C\[C@H](O)[C@@H](O)CCCC(=O)O[C@H](COC(=O)CCCCCCCCCCCCCCCCC(C)C)COP(=O)(O)OC[C@@H](O)CO. The number of unbranched alkanes of at least 4 members (excludes halogenated alkanes) is 15. The van der Waals surface area contributed by atoms with Gasteiger partial charge in [-0.05, 0) is 31.6 Å². The van der Waals surface area contributed by atoms with Crippen LogP contribution in [0.2, 0.25) is 0 Å². The number of hydrogen-bond acceptors (Lipinski definition) is 12. The van der Waals surface area contributed by atoms with Crippen LogP contribution in [-0.2, 0) is 32.7 Å². The summed E-state index contributed by atoms with van der Waals surface area (Å²) in [6.45, 7) is 4.21. The Labute approximate surface area is 361 Å². The molecule has 14 heteroatoms. The minimum absolute atomic E-state index is 0.0669. The summed E-state index contributed by atoms with van der Waals surface area (Å²) in [5.74, 6) is -0.445. The monoisotopic (exact) mass is 875 g/mol. The van der Waals surface area contributed by atoms with E-state index in [9.17, 15) is 39.5 Å². The molecule has 0 aliphatic carbocycles. The molecule has 0 bridgehead atoms. The molecule has 13 nitrogen and oxygen atoms in total. The Morgan fingerprint density at radius 2 is 1.08 bits per heavy atom. The average molecular weight is 875 g/mol. The molecule has 0 radical (unpaired) electrons. The first-order valence-electron chi connectivity index (χ1n) is 22.8. The van der Waals surface area contributed by atoms with E-state index < -0.39 is 76.7 Å². The lowest BCUT2D eigenvalue weighted by molar-refractivity contribution is -0.161. The fraction of sp³-hybridized carbons (Fsp3) is 0.783. The van der Waals surface area contributed by atoms with Gasteiger partial charge in [0.1, 0.15) is 12.7 Å². The number of carbonyl (C=O) groups is 2. The van der Waals surface area contributed by atoms with E-state index in [0.717, 1.165) is 50.9 Å². The largest absolute Gasteiger partial charge is 0.472 e. The number of hydrogen-bond donors (Lipinski definition) is 6. The Balaban J connectivity index is 4.58. The fourth-order valence-electron chi connectivity index (χ4n) is 6.09. The second-order valence-electron chi connectivity index (χ2n) is 16.1. The van der Waals surface area contributed by atoms with Crippen molar-refractivity contribution in [2.75, 3.05) is 26.4 Å². The van der Waals surface area contributed by atoms with E-state index >= 15 is 0 Å². The van der Waals surface area contributed by atoms with Crippen LogP contribution in [0.15, 0.2) is 48.6 Å². The summed E-state index contributed by atoms with van der Waals surface area (Å²) in [5, 5.41) is 48.9. The van der Waals surface area contributed by atoms with Gasteiger partial charge in [-0.15, -0.1) is 0 Å². The maximum atomic E-state index is 12.7. The number of carbonyl (C=O) groups excluding carboxylic acids is 2. The highest BCUT2D eigenvalue weighted by Gasteiger charge is 2.27. The zero-order valence-electron chi connectivity index (χ0n) is 37.2. The van der Waals surface area contributed by atoms with Gasteiger partial charge in [-0.3, -0.25) is 18.6 Å². The predicted molar refractivity (Wildman–Crippen MR) is 237 cm³/mol. The molecule has 60 heavy (non-hydrogen) atoms. The van der Waals surface area contributed by atoms with E-state index in [1.54, 1.807) is 42.5 Å². The third-order valence-electron chi connectivity index (χ3n) is 9.78. The predicted octanol–water partition coefficient (Wildman–Crippen LogP) is 8.88. The number of esters is 2. The van der Waals surface area contributed by atoms with Crippen LogP contribution in [-0.4, -0.2) is 99.3 Å². The van der Waals surface area contributed by atoms with Crippen LogP contribution in [0.4, 0.5) is 0 Å². The molecule has 0 saturated heterocycles. The molecular weight excluding hydrogens is 791 g/mol. The van der Waals surface area contributed by atoms with Crippen molar-refractivity contribution in [3.63, 3.8) is 0 Å². The molecule has 350 valence electrons. The number of phosphoric acid groups is 1. The third-order valence-corrected chi connectivity index (χ3v) is 10.7. The molecule has 0 rings (SSSR count). The summed E-state index contributed by atoms with van der Waals surface area (Å²) >= 11 is 0. The molecular formula is C46H83O13P. The van der Waals surface area contributed by atoms with Gasteiger partial charge in [0.05, 0.1) is 38.1 Å². The number of ether oxygens (including phenoxy) is 2. The molecule has 0 heterocycles. The Kier molecular flexibility index (Phi) is 38.2. The molecule has 6 N–H and O–H groups in total. The second-order valence-corrected chi connectivity index (χ2v) is 17.6. The number of rotatable bonds is 41. The van der Waals surface area contributed by atoms with E-state index in [2.05, 4.69) is 25.3 Å². The van der Waals surface area contributed by atoms with Crippen LogP contribution < -0.4 is 0 Å². The Morgan fingerprint density at radius 3 is 1.65 bits per heavy atom. The van der Waals surface area contributed by atoms with Gasteiger partial charge < -0.3 is 39.9 Å². The minimum Gasteiger partial charge on any atom is -0.462 e. The lowest BCUT2D eigenvalue weighted by Gasteiger charge is -2.20. The summed E-state index contributed by atoms with van der Waals surface area (Å²) in [4.78, 5) is 35.1. The standard InChI is InChI=1S/C46H83O13P/c1-4-5-22-29-40(48)30-24-19-16-17-20-25-31-43(50)44(51)32-27-34-46(53)59-42(38-58-60(54,55)57-36-41(49)35-47)37-56-45(52)33-26-21-15-13-11-9-7-6-8-10-12-14-18-23-28-39(2)3/h16-17,19-20,24-25,30-31,39-44,47-51H,4-15,18,21-23,26-29,32-38H2,1-3H3,(H,54,55)/b19-16-,20-17+,30-24+,31-25+/t40-,41-,42+,43-,44-/m0/s1. The smallest absolute Gasteiger partial charge is 0.462 e. The van der Waals surface area contributed by atoms with Crippen molar-refractivity contribution in [1.29, 1.82) is 0 Å². The lowest BCUT2D eigenvalue weighted by atomic mass is 10.0. The van der Waals surface area contributed by atoms with Crippen LogP contribution in [0.5, 0.6) is 0 Å². The normalized spacial score (nSPS) is 15.9. The van der Waals surface area contributed by atoms with Gasteiger partial charge in [0.25, 0.3) is 0 Å². The highest BCUT2D eigenvalue weighted by atomic mass is 31.2. The number of allylic oxidation sites excluding steroid dienone is 6. The van der Waals surface area contributed by atoms with Crippen molar-refractivity contribution in [3.05, 3.63) is 48.6 Å². The molecule has 0 aromatic carbocycles. The number of aliphatic hydroxyl groups is 5. The van der Waals surface area contributed by atoms with Crippen molar-refractivity contribution in [2.45, 2.75) is 199 Å². The second kappa shape index (κ2) is 39.6. The van der Waals surface area contributed by atoms with Crippen molar-refractivity contribution in [1.82, 2.24) is 0 Å². The molecule has 1 unspecified atom stereocenters. The Morgan fingerprint density at radius 1 is 0.583 bits per heavy atom. The van der Waals surface area contributed by atoms with Crippen LogP contribution in [0.25, 0.3) is 0 Å². The van der Waals surface area contributed by atoms with Crippen molar-refractivity contribution in [2.24, 2.45) is 5.92 Å². The van der Waals surface area contributed by atoms with Crippen molar-refractivity contribution >= 4 is 19.8 Å². The maximum Gasteiger partial charge on any atom is 0.472 e. The Bertz CT molecular complexity index is 1200. The van der Waals surface area contributed by atoms with Crippen LogP contribution in [0, 0.1) is 5.92 Å². The van der Waals surface area contributed by atoms with Crippen LogP contribution in [0.1, 0.15) is 168 Å². The molecule has 6 atom stereocenters. The van der Waals surface area contributed by atoms with E-state index in [1.807, 2.05) is 0 Å². The highest BCUT2D eigenvalue weighted by Crippen LogP contribution is 2.43. The van der Waals surface area contributed by atoms with Crippen LogP contribution >= 0.6 is 7.82 Å². The third kappa shape index (κ3) is 38.7. The summed E-state index contributed by atoms with van der Waals surface area (Å²) < 4.78 is 32.5.